The lowest BCUT2D eigenvalue weighted by atomic mass is 10.1. The van der Waals surface area contributed by atoms with Crippen LogP contribution in [0.4, 0.5) is 0 Å². The SMILES string of the molecule is CC=C=C(C)C(C)C. The summed E-state index contributed by atoms with van der Waals surface area (Å²) in [6.07, 6.45) is 1.95. The highest BCUT2D eigenvalue weighted by Crippen LogP contribution is 2.04. The molecule has 0 radical (unpaired) electrons. The molecule has 0 amide bonds. The highest BCUT2D eigenvalue weighted by molar-refractivity contribution is 4.99. The van der Waals surface area contributed by atoms with Crippen molar-refractivity contribution in [3.63, 3.8) is 0 Å². The molecule has 0 rings (SSSR count). The Hall–Kier alpha value is -0.480. The fourth-order valence-electron chi connectivity index (χ4n) is 0.394. The van der Waals surface area contributed by atoms with Crippen molar-refractivity contribution in [1.82, 2.24) is 0 Å². The maximum absolute atomic E-state index is 3.14. The van der Waals surface area contributed by atoms with Crippen molar-refractivity contribution in [2.24, 2.45) is 5.92 Å². The zero-order chi connectivity index (χ0) is 6.57. The van der Waals surface area contributed by atoms with E-state index < -0.39 is 0 Å². The normalized spacial score (nSPS) is 8.62. The van der Waals surface area contributed by atoms with Crippen molar-refractivity contribution in [3.05, 3.63) is 17.4 Å². The Labute approximate surface area is 51.9 Å². The van der Waals surface area contributed by atoms with Crippen LogP contribution in [0.2, 0.25) is 0 Å². The van der Waals surface area contributed by atoms with Gasteiger partial charge in [0.2, 0.25) is 0 Å². The molecule has 0 saturated carbocycles. The molecule has 0 aromatic rings. The van der Waals surface area contributed by atoms with Crippen molar-refractivity contribution in [1.29, 1.82) is 0 Å². The van der Waals surface area contributed by atoms with Gasteiger partial charge < -0.3 is 0 Å². The summed E-state index contributed by atoms with van der Waals surface area (Å²) in [5.74, 6) is 0.645. The summed E-state index contributed by atoms with van der Waals surface area (Å²) < 4.78 is 0. The van der Waals surface area contributed by atoms with Gasteiger partial charge in [0.1, 0.15) is 0 Å². The van der Waals surface area contributed by atoms with Crippen LogP contribution in [0.25, 0.3) is 0 Å². The molecule has 0 heteroatoms. The van der Waals surface area contributed by atoms with E-state index in [1.807, 2.05) is 13.0 Å². The Balaban J connectivity index is 4.01. The number of hydrogen-bond acceptors (Lipinski definition) is 0. The molecule has 0 unspecified atom stereocenters. The van der Waals surface area contributed by atoms with Gasteiger partial charge in [-0.25, -0.2) is 0 Å². The molecule has 0 aromatic carbocycles. The van der Waals surface area contributed by atoms with E-state index in [1.54, 1.807) is 0 Å². The first kappa shape index (κ1) is 7.52. The summed E-state index contributed by atoms with van der Waals surface area (Å²) in [7, 11) is 0. The van der Waals surface area contributed by atoms with Gasteiger partial charge in [0, 0.05) is 0 Å². The summed E-state index contributed by atoms with van der Waals surface area (Å²) in [5, 5.41) is 0. The minimum atomic E-state index is 0.645. The Kier molecular flexibility index (Phi) is 3.30. The van der Waals surface area contributed by atoms with Gasteiger partial charge in [-0.2, -0.15) is 0 Å². The van der Waals surface area contributed by atoms with Crippen LogP contribution in [0.5, 0.6) is 0 Å². The number of allylic oxidation sites excluding steroid dienone is 1. The van der Waals surface area contributed by atoms with Gasteiger partial charge in [0.15, 0.2) is 0 Å². The molecule has 0 fully saturated rings. The third kappa shape index (κ3) is 2.65. The average Bonchev–Trinajstić information content (AvgIpc) is 1.67. The van der Waals surface area contributed by atoms with E-state index in [-0.39, 0.29) is 0 Å². The second kappa shape index (κ2) is 3.51. The second-order valence-corrected chi connectivity index (χ2v) is 2.27. The first-order valence-corrected chi connectivity index (χ1v) is 3.06. The van der Waals surface area contributed by atoms with E-state index in [0.29, 0.717) is 5.92 Å². The van der Waals surface area contributed by atoms with Crippen molar-refractivity contribution in [2.45, 2.75) is 27.7 Å². The Bertz CT molecular complexity index is 112. The van der Waals surface area contributed by atoms with Gasteiger partial charge >= 0.3 is 0 Å². The first-order valence-electron chi connectivity index (χ1n) is 3.06. The van der Waals surface area contributed by atoms with Crippen LogP contribution in [0.3, 0.4) is 0 Å². The lowest BCUT2D eigenvalue weighted by Crippen LogP contribution is -1.84. The van der Waals surface area contributed by atoms with Crippen molar-refractivity contribution < 1.29 is 0 Å². The van der Waals surface area contributed by atoms with Gasteiger partial charge in [-0.15, -0.1) is 5.73 Å². The minimum absolute atomic E-state index is 0.645. The highest BCUT2D eigenvalue weighted by atomic mass is 14.0. The maximum atomic E-state index is 3.14. The lowest BCUT2D eigenvalue weighted by molar-refractivity contribution is 0.771. The molecule has 0 atom stereocenters. The summed E-state index contributed by atoms with van der Waals surface area (Å²) >= 11 is 0. The van der Waals surface area contributed by atoms with Gasteiger partial charge in [-0.1, -0.05) is 13.8 Å². The van der Waals surface area contributed by atoms with Gasteiger partial charge in [0.05, 0.1) is 0 Å². The van der Waals surface area contributed by atoms with Crippen LogP contribution in [0.15, 0.2) is 17.4 Å². The van der Waals surface area contributed by atoms with Crippen LogP contribution >= 0.6 is 0 Å². The van der Waals surface area contributed by atoms with Crippen molar-refractivity contribution >= 4 is 0 Å². The molecule has 0 N–H and O–H groups in total. The predicted octanol–water partition coefficient (Wildman–Crippen LogP) is 2.76. The minimum Gasteiger partial charge on any atom is -0.126 e. The average molecular weight is 110 g/mol. The molecular formula is C8H14. The van der Waals surface area contributed by atoms with Crippen LogP contribution in [0, 0.1) is 5.92 Å². The zero-order valence-electron chi connectivity index (χ0n) is 6.15. The molecule has 0 aliphatic heterocycles. The predicted molar refractivity (Wildman–Crippen MR) is 37.8 cm³/mol. The monoisotopic (exact) mass is 110 g/mol. The molecule has 8 heavy (non-hydrogen) atoms. The molecule has 0 saturated heterocycles. The maximum Gasteiger partial charge on any atom is -0.0187 e. The van der Waals surface area contributed by atoms with Crippen LogP contribution in [-0.4, -0.2) is 0 Å². The van der Waals surface area contributed by atoms with Crippen molar-refractivity contribution in [3.8, 4) is 0 Å². The Morgan fingerprint density at radius 3 is 2.12 bits per heavy atom. The Morgan fingerprint density at radius 2 is 2.00 bits per heavy atom. The number of hydrogen-bond donors (Lipinski definition) is 0. The molecule has 0 heterocycles. The topological polar surface area (TPSA) is 0 Å². The molecule has 0 spiro atoms. The van der Waals surface area contributed by atoms with E-state index in [9.17, 15) is 0 Å². The summed E-state index contributed by atoms with van der Waals surface area (Å²) in [4.78, 5) is 0. The fourth-order valence-corrected chi connectivity index (χ4v) is 0.394. The molecule has 0 aliphatic rings. The summed E-state index contributed by atoms with van der Waals surface area (Å²) in [6, 6.07) is 0. The summed E-state index contributed by atoms with van der Waals surface area (Å²) in [6.45, 7) is 8.44. The largest absolute Gasteiger partial charge is 0.126 e. The zero-order valence-corrected chi connectivity index (χ0v) is 6.15. The summed E-state index contributed by atoms with van der Waals surface area (Å²) in [5.41, 5.74) is 4.46. The van der Waals surface area contributed by atoms with E-state index in [1.165, 1.54) is 5.57 Å². The van der Waals surface area contributed by atoms with E-state index >= 15 is 0 Å². The second-order valence-electron chi connectivity index (χ2n) is 2.27. The third-order valence-corrected chi connectivity index (χ3v) is 1.24. The van der Waals surface area contributed by atoms with Crippen LogP contribution < -0.4 is 0 Å². The lowest BCUT2D eigenvalue weighted by Gasteiger charge is -1.97. The number of rotatable bonds is 1. The Morgan fingerprint density at radius 1 is 1.50 bits per heavy atom. The molecule has 0 bridgehead atoms. The molecule has 46 valence electrons. The highest BCUT2D eigenvalue weighted by Gasteiger charge is 1.90. The van der Waals surface area contributed by atoms with E-state index in [4.69, 9.17) is 0 Å². The van der Waals surface area contributed by atoms with Gasteiger partial charge in [-0.05, 0) is 31.4 Å². The van der Waals surface area contributed by atoms with Gasteiger partial charge in [0.25, 0.3) is 0 Å². The quantitative estimate of drug-likeness (QED) is 0.455. The molecule has 0 aliphatic carbocycles. The van der Waals surface area contributed by atoms with E-state index in [0.717, 1.165) is 0 Å². The fraction of sp³-hybridized carbons (Fsp3) is 0.625. The first-order chi connectivity index (χ1) is 3.68. The molecule has 0 aromatic heterocycles. The van der Waals surface area contributed by atoms with Gasteiger partial charge in [-0.3, -0.25) is 0 Å². The smallest absolute Gasteiger partial charge is 0.0187 e. The van der Waals surface area contributed by atoms with Crippen LogP contribution in [0.1, 0.15) is 27.7 Å². The molecule has 0 nitrogen and oxygen atoms in total. The standard InChI is InChI=1S/C8H14/c1-5-6-8(4)7(2)3/h5,7H,1-4H3. The molecular weight excluding hydrogens is 96.1 g/mol. The van der Waals surface area contributed by atoms with Crippen LogP contribution in [-0.2, 0) is 0 Å². The third-order valence-electron chi connectivity index (χ3n) is 1.24. The van der Waals surface area contributed by atoms with Crippen molar-refractivity contribution in [2.75, 3.05) is 0 Å². The van der Waals surface area contributed by atoms with E-state index in [2.05, 4.69) is 26.5 Å².